The van der Waals surface area contributed by atoms with Gasteiger partial charge in [-0.2, -0.15) is 5.10 Å². The summed E-state index contributed by atoms with van der Waals surface area (Å²) in [7, 11) is 4.76. The number of ether oxygens (including phenoxy) is 1. The first-order valence-electron chi connectivity index (χ1n) is 3.45. The molecule has 1 heterocycles. The van der Waals surface area contributed by atoms with Gasteiger partial charge in [-0.05, 0) is 0 Å². The lowest BCUT2D eigenvalue weighted by Gasteiger charge is -2.11. The first-order chi connectivity index (χ1) is 5.65. The van der Waals surface area contributed by atoms with Gasteiger partial charge < -0.3 is 4.74 Å². The van der Waals surface area contributed by atoms with E-state index < -0.39 is 6.09 Å². The molecule has 0 aliphatic rings. The van der Waals surface area contributed by atoms with Crippen LogP contribution in [0.4, 0.5) is 10.5 Å². The minimum Gasteiger partial charge on any atom is -0.452 e. The van der Waals surface area contributed by atoms with Gasteiger partial charge in [-0.25, -0.2) is 4.79 Å². The Kier molecular flexibility index (Phi) is 2.32. The number of carbonyl (C=O) groups excluding carboxylic acids is 1. The fourth-order valence-electron chi connectivity index (χ4n) is 0.824. The fraction of sp³-hybridized carbons (Fsp3) is 0.429. The molecule has 66 valence electrons. The number of methoxy groups -OCH3 is 1. The van der Waals surface area contributed by atoms with Crippen molar-refractivity contribution in [3.05, 3.63) is 12.4 Å². The van der Waals surface area contributed by atoms with E-state index >= 15 is 0 Å². The number of amides is 1. The quantitative estimate of drug-likeness (QED) is 0.619. The largest absolute Gasteiger partial charge is 0.452 e. The smallest absolute Gasteiger partial charge is 0.413 e. The molecule has 1 amide bonds. The zero-order valence-electron chi connectivity index (χ0n) is 7.31. The molecule has 0 saturated heterocycles. The number of aromatic nitrogens is 2. The highest BCUT2D eigenvalue weighted by Crippen LogP contribution is 2.10. The third kappa shape index (κ3) is 1.55. The maximum Gasteiger partial charge on any atom is 0.413 e. The zero-order valence-corrected chi connectivity index (χ0v) is 7.31. The van der Waals surface area contributed by atoms with Gasteiger partial charge in [0.1, 0.15) is 0 Å². The van der Waals surface area contributed by atoms with E-state index in [1.165, 1.54) is 12.0 Å². The van der Waals surface area contributed by atoms with E-state index in [0.717, 1.165) is 0 Å². The maximum atomic E-state index is 11.0. The van der Waals surface area contributed by atoms with Crippen molar-refractivity contribution < 1.29 is 9.53 Å². The van der Waals surface area contributed by atoms with E-state index in [1.54, 1.807) is 31.2 Å². The second-order valence-corrected chi connectivity index (χ2v) is 2.40. The molecule has 0 aliphatic carbocycles. The Bertz CT molecular complexity index is 282. The SMILES string of the molecule is COC(=O)N(C)c1cnn(C)c1. The summed E-state index contributed by atoms with van der Waals surface area (Å²) in [5.74, 6) is 0. The summed E-state index contributed by atoms with van der Waals surface area (Å²) in [6.07, 6.45) is 2.93. The van der Waals surface area contributed by atoms with Crippen LogP contribution in [0, 0.1) is 0 Å². The van der Waals surface area contributed by atoms with Gasteiger partial charge in [0.25, 0.3) is 0 Å². The van der Waals surface area contributed by atoms with Crippen LogP contribution in [0.3, 0.4) is 0 Å². The normalized spacial score (nSPS) is 9.58. The Balaban J connectivity index is 2.77. The van der Waals surface area contributed by atoms with Crippen LogP contribution in [0.15, 0.2) is 12.4 Å². The van der Waals surface area contributed by atoms with E-state index in [1.807, 2.05) is 0 Å². The second kappa shape index (κ2) is 3.25. The van der Waals surface area contributed by atoms with Crippen LogP contribution in [-0.4, -0.2) is 30.0 Å². The molecule has 1 rings (SSSR count). The minimum absolute atomic E-state index is 0.400. The Morgan fingerprint density at radius 1 is 1.75 bits per heavy atom. The molecule has 0 N–H and O–H groups in total. The van der Waals surface area contributed by atoms with Crippen LogP contribution in [0.5, 0.6) is 0 Å². The molecular formula is C7H11N3O2. The molecular weight excluding hydrogens is 158 g/mol. The predicted octanol–water partition coefficient (Wildman–Crippen LogP) is 0.623. The van der Waals surface area contributed by atoms with Crippen molar-refractivity contribution in [3.8, 4) is 0 Å². The van der Waals surface area contributed by atoms with Crippen molar-refractivity contribution in [1.82, 2.24) is 9.78 Å². The number of nitrogens with zero attached hydrogens (tertiary/aromatic N) is 3. The van der Waals surface area contributed by atoms with Crippen molar-refractivity contribution in [2.75, 3.05) is 19.1 Å². The van der Waals surface area contributed by atoms with Crippen LogP contribution < -0.4 is 4.90 Å². The molecule has 0 fully saturated rings. The van der Waals surface area contributed by atoms with Gasteiger partial charge in [-0.15, -0.1) is 0 Å². The molecule has 12 heavy (non-hydrogen) atoms. The lowest BCUT2D eigenvalue weighted by atomic mass is 10.5. The van der Waals surface area contributed by atoms with Crippen molar-refractivity contribution in [2.45, 2.75) is 0 Å². The second-order valence-electron chi connectivity index (χ2n) is 2.40. The van der Waals surface area contributed by atoms with Gasteiger partial charge in [-0.3, -0.25) is 9.58 Å². The Hall–Kier alpha value is -1.52. The number of rotatable bonds is 1. The Morgan fingerprint density at radius 2 is 2.42 bits per heavy atom. The monoisotopic (exact) mass is 169 g/mol. The standard InChI is InChI=1S/C7H11N3O2/c1-9-5-6(4-8-9)10(2)7(11)12-3/h4-5H,1-3H3. The van der Waals surface area contributed by atoms with Gasteiger partial charge >= 0.3 is 6.09 Å². The summed E-state index contributed by atoms with van der Waals surface area (Å²) in [4.78, 5) is 12.4. The lowest BCUT2D eigenvalue weighted by Crippen LogP contribution is -2.25. The molecule has 0 aliphatic heterocycles. The van der Waals surface area contributed by atoms with Crippen LogP contribution >= 0.6 is 0 Å². The molecule has 0 radical (unpaired) electrons. The van der Waals surface area contributed by atoms with Crippen LogP contribution in [0.1, 0.15) is 0 Å². The van der Waals surface area contributed by atoms with Gasteiger partial charge in [0.2, 0.25) is 0 Å². The van der Waals surface area contributed by atoms with Gasteiger partial charge in [0, 0.05) is 20.3 Å². The molecule has 1 aromatic heterocycles. The van der Waals surface area contributed by atoms with Crippen molar-refractivity contribution in [3.63, 3.8) is 0 Å². The van der Waals surface area contributed by atoms with Crippen LogP contribution in [0.2, 0.25) is 0 Å². The highest BCUT2D eigenvalue weighted by molar-refractivity contribution is 5.86. The lowest BCUT2D eigenvalue weighted by molar-refractivity contribution is 0.180. The average Bonchev–Trinajstić information content (AvgIpc) is 2.49. The van der Waals surface area contributed by atoms with E-state index in [0.29, 0.717) is 5.69 Å². The van der Waals surface area contributed by atoms with E-state index in [9.17, 15) is 4.79 Å². The Morgan fingerprint density at radius 3 is 2.83 bits per heavy atom. The van der Waals surface area contributed by atoms with Crippen molar-refractivity contribution in [2.24, 2.45) is 7.05 Å². The third-order valence-electron chi connectivity index (χ3n) is 1.53. The first kappa shape index (κ1) is 8.58. The van der Waals surface area contributed by atoms with Gasteiger partial charge in [0.05, 0.1) is 19.0 Å². The van der Waals surface area contributed by atoms with E-state index in [4.69, 9.17) is 0 Å². The molecule has 0 bridgehead atoms. The first-order valence-corrected chi connectivity index (χ1v) is 3.45. The summed E-state index contributed by atoms with van der Waals surface area (Å²) >= 11 is 0. The topological polar surface area (TPSA) is 47.4 Å². The van der Waals surface area contributed by atoms with Crippen molar-refractivity contribution in [1.29, 1.82) is 0 Å². The average molecular weight is 169 g/mol. The van der Waals surface area contributed by atoms with Crippen LogP contribution in [0.25, 0.3) is 0 Å². The number of hydrogen-bond donors (Lipinski definition) is 0. The molecule has 5 nitrogen and oxygen atoms in total. The summed E-state index contributed by atoms with van der Waals surface area (Å²) in [6.45, 7) is 0. The predicted molar refractivity (Wildman–Crippen MR) is 44.0 cm³/mol. The highest BCUT2D eigenvalue weighted by Gasteiger charge is 2.11. The molecule has 0 saturated carbocycles. The molecule has 0 atom stereocenters. The summed E-state index contributed by atoms with van der Waals surface area (Å²) in [5, 5.41) is 3.92. The molecule has 1 aromatic rings. The van der Waals surface area contributed by atoms with E-state index in [-0.39, 0.29) is 0 Å². The molecule has 0 aromatic carbocycles. The minimum atomic E-state index is -0.400. The molecule has 0 spiro atoms. The summed E-state index contributed by atoms with van der Waals surface area (Å²) in [6, 6.07) is 0. The van der Waals surface area contributed by atoms with Crippen LogP contribution in [-0.2, 0) is 11.8 Å². The zero-order chi connectivity index (χ0) is 9.14. The highest BCUT2D eigenvalue weighted by atomic mass is 16.5. The number of carbonyl (C=O) groups is 1. The molecule has 5 heteroatoms. The van der Waals surface area contributed by atoms with Gasteiger partial charge in [-0.1, -0.05) is 0 Å². The van der Waals surface area contributed by atoms with Gasteiger partial charge in [0.15, 0.2) is 0 Å². The van der Waals surface area contributed by atoms with Crippen molar-refractivity contribution >= 4 is 11.8 Å². The summed E-state index contributed by atoms with van der Waals surface area (Å²) < 4.78 is 6.15. The number of aryl methyl sites for hydroxylation is 1. The van der Waals surface area contributed by atoms with E-state index in [2.05, 4.69) is 9.84 Å². The maximum absolute atomic E-state index is 11.0. The number of anilines is 1. The Labute approximate surface area is 70.5 Å². The number of hydrogen-bond acceptors (Lipinski definition) is 3. The summed E-state index contributed by atoms with van der Waals surface area (Å²) in [5.41, 5.74) is 0.712. The fourth-order valence-corrected chi connectivity index (χ4v) is 0.824. The third-order valence-corrected chi connectivity index (χ3v) is 1.53. The molecule has 0 unspecified atom stereocenters.